The highest BCUT2D eigenvalue weighted by atomic mass is 35.5. The third-order valence-electron chi connectivity index (χ3n) is 2.49. The van der Waals surface area contributed by atoms with Gasteiger partial charge in [-0.25, -0.2) is 0 Å². The fourth-order valence-electron chi connectivity index (χ4n) is 1.54. The summed E-state index contributed by atoms with van der Waals surface area (Å²) in [7, 11) is 0. The summed E-state index contributed by atoms with van der Waals surface area (Å²) in [5.41, 5.74) is 5.44. The van der Waals surface area contributed by atoms with Crippen LogP contribution in [0.2, 0.25) is 0 Å². The van der Waals surface area contributed by atoms with Gasteiger partial charge in [-0.1, -0.05) is 12.1 Å². The predicted octanol–water partition coefficient (Wildman–Crippen LogP) is 0.712. The van der Waals surface area contributed by atoms with Crippen molar-refractivity contribution in [3.05, 3.63) is 24.3 Å². The van der Waals surface area contributed by atoms with Crippen molar-refractivity contribution in [3.8, 4) is 11.5 Å². The maximum atomic E-state index is 11.3. The Kier molecular flexibility index (Phi) is 5.25. The SMILES string of the molecule is C[C@@H](N)C(=O)NCC1COc2ccccc2O1.Cl. The Hall–Kier alpha value is -1.46. The number of rotatable bonds is 3. The maximum absolute atomic E-state index is 11.3. The Bertz CT molecular complexity index is 412. The van der Waals surface area contributed by atoms with Crippen LogP contribution in [0.25, 0.3) is 0 Å². The van der Waals surface area contributed by atoms with Crippen molar-refractivity contribution in [2.24, 2.45) is 5.73 Å². The first-order valence-corrected chi connectivity index (χ1v) is 5.58. The third kappa shape index (κ3) is 3.51. The Labute approximate surface area is 112 Å². The summed E-state index contributed by atoms with van der Waals surface area (Å²) in [5.74, 6) is 1.26. The number of nitrogens with two attached hydrogens (primary N) is 1. The predicted molar refractivity (Wildman–Crippen MR) is 70.3 cm³/mol. The second-order valence-electron chi connectivity index (χ2n) is 4.03. The summed E-state index contributed by atoms with van der Waals surface area (Å²) in [6.45, 7) is 2.47. The zero-order chi connectivity index (χ0) is 12.3. The van der Waals surface area contributed by atoms with Crippen molar-refractivity contribution in [2.45, 2.75) is 19.1 Å². The molecule has 2 rings (SSSR count). The number of carbonyl (C=O) groups is 1. The first-order valence-electron chi connectivity index (χ1n) is 5.58. The second kappa shape index (κ2) is 6.47. The molecular formula is C12H17ClN2O3. The summed E-state index contributed by atoms with van der Waals surface area (Å²) in [4.78, 5) is 11.3. The molecule has 6 heteroatoms. The molecule has 2 atom stereocenters. The van der Waals surface area contributed by atoms with Crippen molar-refractivity contribution >= 4 is 18.3 Å². The molecular weight excluding hydrogens is 256 g/mol. The zero-order valence-corrected chi connectivity index (χ0v) is 10.9. The van der Waals surface area contributed by atoms with Crippen LogP contribution in [0.4, 0.5) is 0 Å². The van der Waals surface area contributed by atoms with Crippen molar-refractivity contribution in [1.29, 1.82) is 0 Å². The minimum atomic E-state index is -0.508. The molecule has 1 aromatic carbocycles. The summed E-state index contributed by atoms with van der Waals surface area (Å²) in [6, 6.07) is 6.96. The van der Waals surface area contributed by atoms with Crippen LogP contribution in [0, 0.1) is 0 Å². The Morgan fingerprint density at radius 1 is 1.50 bits per heavy atom. The Balaban J connectivity index is 0.00000162. The molecule has 1 aliphatic rings. The topological polar surface area (TPSA) is 73.6 Å². The first-order chi connectivity index (χ1) is 8.16. The normalized spacial score (nSPS) is 18.4. The van der Waals surface area contributed by atoms with Gasteiger partial charge < -0.3 is 20.5 Å². The van der Waals surface area contributed by atoms with E-state index in [9.17, 15) is 4.79 Å². The molecule has 1 aliphatic heterocycles. The molecule has 1 unspecified atom stereocenters. The van der Waals surface area contributed by atoms with E-state index in [1.807, 2.05) is 24.3 Å². The molecule has 0 aliphatic carbocycles. The van der Waals surface area contributed by atoms with Gasteiger partial charge in [0.2, 0.25) is 5.91 Å². The lowest BCUT2D eigenvalue weighted by Gasteiger charge is -2.26. The second-order valence-corrected chi connectivity index (χ2v) is 4.03. The molecule has 1 aromatic rings. The van der Waals surface area contributed by atoms with E-state index in [1.165, 1.54) is 0 Å². The third-order valence-corrected chi connectivity index (χ3v) is 2.49. The van der Waals surface area contributed by atoms with Gasteiger partial charge >= 0.3 is 0 Å². The number of amides is 1. The van der Waals surface area contributed by atoms with Crippen LogP contribution in [-0.2, 0) is 4.79 Å². The molecule has 100 valence electrons. The largest absolute Gasteiger partial charge is 0.486 e. The van der Waals surface area contributed by atoms with Gasteiger partial charge in [-0.3, -0.25) is 4.79 Å². The molecule has 0 bridgehead atoms. The van der Waals surface area contributed by atoms with E-state index in [0.29, 0.717) is 18.9 Å². The minimum absolute atomic E-state index is 0. The van der Waals surface area contributed by atoms with Crippen molar-refractivity contribution in [3.63, 3.8) is 0 Å². The highest BCUT2D eigenvalue weighted by Crippen LogP contribution is 2.30. The molecule has 5 nitrogen and oxygen atoms in total. The number of fused-ring (bicyclic) bond motifs is 1. The molecule has 1 amide bonds. The fraction of sp³-hybridized carbons (Fsp3) is 0.417. The fourth-order valence-corrected chi connectivity index (χ4v) is 1.54. The van der Waals surface area contributed by atoms with E-state index in [-0.39, 0.29) is 24.4 Å². The van der Waals surface area contributed by atoms with E-state index in [4.69, 9.17) is 15.2 Å². The quantitative estimate of drug-likeness (QED) is 0.850. The number of para-hydroxylation sites is 2. The smallest absolute Gasteiger partial charge is 0.236 e. The lowest BCUT2D eigenvalue weighted by atomic mass is 10.2. The molecule has 0 saturated carbocycles. The summed E-state index contributed by atoms with van der Waals surface area (Å²) >= 11 is 0. The van der Waals surface area contributed by atoms with Gasteiger partial charge in [-0.2, -0.15) is 0 Å². The van der Waals surface area contributed by atoms with Gasteiger partial charge in [-0.05, 0) is 19.1 Å². The van der Waals surface area contributed by atoms with Crippen LogP contribution in [0.1, 0.15) is 6.92 Å². The highest BCUT2D eigenvalue weighted by Gasteiger charge is 2.21. The monoisotopic (exact) mass is 272 g/mol. The molecule has 1 heterocycles. The Morgan fingerprint density at radius 2 is 2.17 bits per heavy atom. The zero-order valence-electron chi connectivity index (χ0n) is 10.1. The molecule has 3 N–H and O–H groups in total. The molecule has 0 fully saturated rings. The molecule has 0 radical (unpaired) electrons. The molecule has 0 spiro atoms. The van der Waals surface area contributed by atoms with E-state index in [0.717, 1.165) is 5.75 Å². The summed E-state index contributed by atoms with van der Waals surface area (Å²) in [5, 5.41) is 2.71. The number of nitrogens with one attached hydrogen (secondary N) is 1. The summed E-state index contributed by atoms with van der Waals surface area (Å²) < 4.78 is 11.2. The van der Waals surface area contributed by atoms with Crippen molar-refractivity contribution in [1.82, 2.24) is 5.32 Å². The lowest BCUT2D eigenvalue weighted by molar-refractivity contribution is -0.122. The van der Waals surface area contributed by atoms with E-state index >= 15 is 0 Å². The van der Waals surface area contributed by atoms with Gasteiger partial charge in [0.15, 0.2) is 11.5 Å². The molecule has 0 saturated heterocycles. The highest BCUT2D eigenvalue weighted by molar-refractivity contribution is 5.85. The number of carbonyl (C=O) groups excluding carboxylic acids is 1. The lowest BCUT2D eigenvalue weighted by Crippen LogP contribution is -2.45. The number of ether oxygens (including phenoxy) is 2. The van der Waals surface area contributed by atoms with Gasteiger partial charge in [-0.15, -0.1) is 12.4 Å². The number of hydrogen-bond donors (Lipinski definition) is 2. The standard InChI is InChI=1S/C12H16N2O3.ClH/c1-8(13)12(15)14-6-9-7-16-10-4-2-3-5-11(10)17-9;/h2-5,8-9H,6-7,13H2,1H3,(H,14,15);1H/t8-,9?;/m1./s1. The van der Waals surface area contributed by atoms with Crippen LogP contribution in [-0.4, -0.2) is 31.2 Å². The van der Waals surface area contributed by atoms with Crippen LogP contribution < -0.4 is 20.5 Å². The van der Waals surface area contributed by atoms with Gasteiger partial charge in [0.25, 0.3) is 0 Å². The van der Waals surface area contributed by atoms with Crippen molar-refractivity contribution in [2.75, 3.05) is 13.2 Å². The molecule has 18 heavy (non-hydrogen) atoms. The number of hydrogen-bond acceptors (Lipinski definition) is 4. The van der Waals surface area contributed by atoms with E-state index < -0.39 is 6.04 Å². The minimum Gasteiger partial charge on any atom is -0.486 e. The average molecular weight is 273 g/mol. The van der Waals surface area contributed by atoms with Crippen molar-refractivity contribution < 1.29 is 14.3 Å². The van der Waals surface area contributed by atoms with E-state index in [2.05, 4.69) is 5.32 Å². The van der Waals surface area contributed by atoms with Crippen LogP contribution in [0.15, 0.2) is 24.3 Å². The van der Waals surface area contributed by atoms with E-state index in [1.54, 1.807) is 6.92 Å². The van der Waals surface area contributed by atoms with Gasteiger partial charge in [0, 0.05) is 0 Å². The summed E-state index contributed by atoms with van der Waals surface area (Å²) in [6.07, 6.45) is -0.174. The first kappa shape index (κ1) is 14.6. The number of halogens is 1. The average Bonchev–Trinajstić information content (AvgIpc) is 2.35. The Morgan fingerprint density at radius 3 is 2.83 bits per heavy atom. The van der Waals surface area contributed by atoms with Crippen LogP contribution in [0.3, 0.4) is 0 Å². The molecule has 0 aromatic heterocycles. The van der Waals surface area contributed by atoms with Crippen LogP contribution >= 0.6 is 12.4 Å². The number of benzene rings is 1. The maximum Gasteiger partial charge on any atom is 0.236 e. The van der Waals surface area contributed by atoms with Crippen LogP contribution in [0.5, 0.6) is 11.5 Å². The van der Waals surface area contributed by atoms with Gasteiger partial charge in [0.05, 0.1) is 12.6 Å². The van der Waals surface area contributed by atoms with Gasteiger partial charge in [0.1, 0.15) is 12.7 Å².